The van der Waals surface area contributed by atoms with Gasteiger partial charge in [-0.1, -0.05) is 18.2 Å². The van der Waals surface area contributed by atoms with Gasteiger partial charge in [0.15, 0.2) is 0 Å². The Hall–Kier alpha value is -1.90. The predicted molar refractivity (Wildman–Crippen MR) is 71.6 cm³/mol. The van der Waals surface area contributed by atoms with E-state index in [0.29, 0.717) is 11.7 Å². The normalized spacial score (nSPS) is 15.4. The molecule has 3 rings (SSSR count). The van der Waals surface area contributed by atoms with E-state index in [-0.39, 0.29) is 5.91 Å². The van der Waals surface area contributed by atoms with Crippen molar-refractivity contribution in [3.8, 4) is 0 Å². The summed E-state index contributed by atoms with van der Waals surface area (Å²) >= 11 is 0. The van der Waals surface area contributed by atoms with E-state index >= 15 is 0 Å². The molecule has 0 atom stereocenters. The van der Waals surface area contributed by atoms with Crippen LogP contribution in [0.2, 0.25) is 0 Å². The molecule has 3 heteroatoms. The minimum atomic E-state index is -0.0389. The molecule has 18 heavy (non-hydrogen) atoms. The van der Waals surface area contributed by atoms with Gasteiger partial charge in [-0.2, -0.15) is 0 Å². The standard InChI is InChI=1S/C15H16N2O/c1-10-9-11-5-2-3-8-13(11)17-14(10)15(18)16-12-6-4-7-12/h2-3,5,8-9,12H,4,6-7H2,1H3,(H,16,18). The molecule has 1 N–H and O–H groups in total. The third kappa shape index (κ3) is 1.96. The molecular formula is C15H16N2O. The smallest absolute Gasteiger partial charge is 0.270 e. The highest BCUT2D eigenvalue weighted by atomic mass is 16.1. The summed E-state index contributed by atoms with van der Waals surface area (Å²) in [6.07, 6.45) is 3.41. The predicted octanol–water partition coefficient (Wildman–Crippen LogP) is 2.83. The summed E-state index contributed by atoms with van der Waals surface area (Å²) in [4.78, 5) is 16.6. The monoisotopic (exact) mass is 240 g/mol. The molecule has 3 nitrogen and oxygen atoms in total. The van der Waals surface area contributed by atoms with E-state index in [2.05, 4.69) is 10.3 Å². The van der Waals surface area contributed by atoms with Gasteiger partial charge in [-0.05, 0) is 43.9 Å². The maximum absolute atomic E-state index is 12.1. The molecule has 1 fully saturated rings. The summed E-state index contributed by atoms with van der Waals surface area (Å²) < 4.78 is 0. The fourth-order valence-corrected chi connectivity index (χ4v) is 2.26. The number of hydrogen-bond donors (Lipinski definition) is 1. The van der Waals surface area contributed by atoms with Crippen LogP contribution in [0.4, 0.5) is 0 Å². The number of aryl methyl sites for hydroxylation is 1. The van der Waals surface area contributed by atoms with Crippen LogP contribution in [0, 0.1) is 6.92 Å². The maximum Gasteiger partial charge on any atom is 0.270 e. The van der Waals surface area contributed by atoms with Crippen LogP contribution in [0.15, 0.2) is 30.3 Å². The molecule has 2 aromatic rings. The number of benzene rings is 1. The number of carbonyl (C=O) groups excluding carboxylic acids is 1. The van der Waals surface area contributed by atoms with Gasteiger partial charge in [0.25, 0.3) is 5.91 Å². The number of aromatic nitrogens is 1. The summed E-state index contributed by atoms with van der Waals surface area (Å²) in [7, 11) is 0. The van der Waals surface area contributed by atoms with Crippen molar-refractivity contribution in [2.45, 2.75) is 32.2 Å². The third-order valence-corrected chi connectivity index (χ3v) is 3.57. The van der Waals surface area contributed by atoms with Crippen LogP contribution in [-0.4, -0.2) is 16.9 Å². The topological polar surface area (TPSA) is 42.0 Å². The minimum absolute atomic E-state index is 0.0389. The van der Waals surface area contributed by atoms with Gasteiger partial charge in [-0.25, -0.2) is 4.98 Å². The Morgan fingerprint density at radius 2 is 2.11 bits per heavy atom. The summed E-state index contributed by atoms with van der Waals surface area (Å²) in [5, 5.41) is 4.12. The number of hydrogen-bond acceptors (Lipinski definition) is 2. The Morgan fingerprint density at radius 3 is 2.83 bits per heavy atom. The molecule has 1 heterocycles. The Bertz CT molecular complexity index is 602. The molecule has 0 aliphatic heterocycles. The van der Waals surface area contributed by atoms with E-state index in [1.807, 2.05) is 37.3 Å². The minimum Gasteiger partial charge on any atom is -0.348 e. The van der Waals surface area contributed by atoms with Crippen molar-refractivity contribution in [2.24, 2.45) is 0 Å². The summed E-state index contributed by atoms with van der Waals surface area (Å²) in [6, 6.07) is 10.3. The fraction of sp³-hybridized carbons (Fsp3) is 0.333. The zero-order valence-electron chi connectivity index (χ0n) is 10.4. The molecule has 92 valence electrons. The molecule has 0 saturated heterocycles. The Kier molecular flexibility index (Phi) is 2.74. The van der Waals surface area contributed by atoms with E-state index in [0.717, 1.165) is 29.3 Å². The molecule has 0 unspecified atom stereocenters. The van der Waals surface area contributed by atoms with Crippen LogP contribution in [-0.2, 0) is 0 Å². The number of carbonyl (C=O) groups is 1. The first-order valence-electron chi connectivity index (χ1n) is 6.41. The van der Waals surface area contributed by atoms with E-state index in [4.69, 9.17) is 0 Å². The molecule has 1 aromatic heterocycles. The van der Waals surface area contributed by atoms with Crippen LogP contribution in [0.25, 0.3) is 10.9 Å². The Morgan fingerprint density at radius 1 is 1.33 bits per heavy atom. The van der Waals surface area contributed by atoms with Crippen molar-refractivity contribution in [2.75, 3.05) is 0 Å². The van der Waals surface area contributed by atoms with Gasteiger partial charge >= 0.3 is 0 Å². The summed E-state index contributed by atoms with van der Waals surface area (Å²) in [6.45, 7) is 1.94. The molecule has 1 aliphatic carbocycles. The zero-order valence-corrected chi connectivity index (χ0v) is 10.4. The molecule has 0 spiro atoms. The number of fused-ring (bicyclic) bond motifs is 1. The van der Waals surface area contributed by atoms with Gasteiger partial charge in [0.05, 0.1) is 5.52 Å². The van der Waals surface area contributed by atoms with Crippen LogP contribution >= 0.6 is 0 Å². The van der Waals surface area contributed by atoms with Crippen LogP contribution < -0.4 is 5.32 Å². The van der Waals surface area contributed by atoms with E-state index < -0.39 is 0 Å². The lowest BCUT2D eigenvalue weighted by Crippen LogP contribution is -2.40. The van der Waals surface area contributed by atoms with Crippen molar-refractivity contribution in [3.05, 3.63) is 41.6 Å². The lowest BCUT2D eigenvalue weighted by atomic mass is 9.93. The van der Waals surface area contributed by atoms with E-state index in [1.54, 1.807) is 0 Å². The average Bonchev–Trinajstić information content (AvgIpc) is 2.32. The van der Waals surface area contributed by atoms with Crippen LogP contribution in [0.1, 0.15) is 35.3 Å². The van der Waals surface area contributed by atoms with Gasteiger partial charge in [-0.15, -0.1) is 0 Å². The first kappa shape index (κ1) is 11.2. The van der Waals surface area contributed by atoms with Gasteiger partial charge in [0.1, 0.15) is 5.69 Å². The molecule has 1 amide bonds. The second kappa shape index (κ2) is 4.41. The Balaban J connectivity index is 1.94. The third-order valence-electron chi connectivity index (χ3n) is 3.57. The second-order valence-electron chi connectivity index (χ2n) is 4.95. The largest absolute Gasteiger partial charge is 0.348 e. The summed E-state index contributed by atoms with van der Waals surface area (Å²) in [5.41, 5.74) is 2.37. The highest BCUT2D eigenvalue weighted by Crippen LogP contribution is 2.20. The van der Waals surface area contributed by atoms with E-state index in [1.165, 1.54) is 6.42 Å². The highest BCUT2D eigenvalue weighted by molar-refractivity contribution is 5.96. The van der Waals surface area contributed by atoms with Crippen molar-refractivity contribution >= 4 is 16.8 Å². The van der Waals surface area contributed by atoms with Crippen molar-refractivity contribution in [3.63, 3.8) is 0 Å². The van der Waals surface area contributed by atoms with Crippen LogP contribution in [0.3, 0.4) is 0 Å². The van der Waals surface area contributed by atoms with Crippen molar-refractivity contribution in [1.82, 2.24) is 10.3 Å². The van der Waals surface area contributed by atoms with Gasteiger partial charge < -0.3 is 5.32 Å². The average molecular weight is 240 g/mol. The van der Waals surface area contributed by atoms with E-state index in [9.17, 15) is 4.79 Å². The second-order valence-corrected chi connectivity index (χ2v) is 4.95. The summed E-state index contributed by atoms with van der Waals surface area (Å²) in [5.74, 6) is -0.0389. The number of nitrogens with one attached hydrogen (secondary N) is 1. The fourth-order valence-electron chi connectivity index (χ4n) is 2.26. The number of pyridine rings is 1. The van der Waals surface area contributed by atoms with Crippen molar-refractivity contribution in [1.29, 1.82) is 0 Å². The first-order chi connectivity index (χ1) is 8.74. The van der Waals surface area contributed by atoms with Crippen LogP contribution in [0.5, 0.6) is 0 Å². The quantitative estimate of drug-likeness (QED) is 0.877. The number of nitrogens with zero attached hydrogens (tertiary/aromatic N) is 1. The lowest BCUT2D eigenvalue weighted by molar-refractivity contribution is 0.0911. The van der Waals surface area contributed by atoms with Gasteiger partial charge in [0, 0.05) is 11.4 Å². The number of amides is 1. The van der Waals surface area contributed by atoms with Crippen molar-refractivity contribution < 1.29 is 4.79 Å². The lowest BCUT2D eigenvalue weighted by Gasteiger charge is -2.26. The molecule has 1 aromatic carbocycles. The SMILES string of the molecule is Cc1cc2ccccc2nc1C(=O)NC1CCC1. The highest BCUT2D eigenvalue weighted by Gasteiger charge is 2.21. The molecule has 1 aliphatic rings. The maximum atomic E-state index is 12.1. The molecular weight excluding hydrogens is 224 g/mol. The first-order valence-corrected chi connectivity index (χ1v) is 6.41. The van der Waals surface area contributed by atoms with Gasteiger partial charge in [0.2, 0.25) is 0 Å². The Labute approximate surface area is 106 Å². The zero-order chi connectivity index (χ0) is 12.5. The molecule has 0 bridgehead atoms. The number of para-hydroxylation sites is 1. The molecule has 0 radical (unpaired) electrons. The molecule has 1 saturated carbocycles. The number of rotatable bonds is 2. The van der Waals surface area contributed by atoms with Gasteiger partial charge in [-0.3, -0.25) is 4.79 Å².